The van der Waals surface area contributed by atoms with Crippen molar-refractivity contribution in [2.75, 3.05) is 26.0 Å². The molecule has 0 atom stereocenters. The first-order valence-electron chi connectivity index (χ1n) is 6.74. The lowest BCUT2D eigenvalue weighted by atomic mass is 10.2. The average molecular weight is 363 g/mol. The summed E-state index contributed by atoms with van der Waals surface area (Å²) < 4.78 is 30.1. The summed E-state index contributed by atoms with van der Waals surface area (Å²) in [6, 6.07) is 4.08. The van der Waals surface area contributed by atoms with Gasteiger partial charge in [-0.15, -0.1) is 0 Å². The number of benzene rings is 1. The number of ether oxygens (including phenoxy) is 1. The lowest BCUT2D eigenvalue weighted by Gasteiger charge is -2.14. The number of nitrogens with one attached hydrogen (secondary N) is 1. The van der Waals surface area contributed by atoms with Crippen molar-refractivity contribution in [3.05, 3.63) is 23.2 Å². The van der Waals surface area contributed by atoms with Gasteiger partial charge in [-0.3, -0.25) is 9.59 Å². The number of amides is 1. The third-order valence-electron chi connectivity index (χ3n) is 2.79. The van der Waals surface area contributed by atoms with Gasteiger partial charge in [-0.05, 0) is 18.2 Å². The second-order valence-corrected chi connectivity index (χ2v) is 7.77. The van der Waals surface area contributed by atoms with Gasteiger partial charge < -0.3 is 10.1 Å². The van der Waals surface area contributed by atoms with Crippen molar-refractivity contribution in [3.63, 3.8) is 0 Å². The summed E-state index contributed by atoms with van der Waals surface area (Å²) >= 11 is 5.91. The summed E-state index contributed by atoms with van der Waals surface area (Å²) in [7, 11) is -0.984. The molecule has 0 unspecified atom stereocenters. The summed E-state index contributed by atoms with van der Waals surface area (Å²) in [6.45, 7) is 2.85. The zero-order chi connectivity index (χ0) is 17.8. The van der Waals surface area contributed by atoms with Crippen molar-refractivity contribution < 1.29 is 22.7 Å². The lowest BCUT2D eigenvalue weighted by molar-refractivity contribution is -0.150. The van der Waals surface area contributed by atoms with Crippen molar-refractivity contribution in [1.29, 1.82) is 0 Å². The first-order valence-corrected chi connectivity index (χ1v) is 8.56. The Morgan fingerprint density at radius 1 is 1.30 bits per heavy atom. The summed E-state index contributed by atoms with van der Waals surface area (Å²) in [4.78, 5) is 22.9. The second kappa shape index (κ2) is 7.76. The van der Waals surface area contributed by atoms with E-state index in [2.05, 4.69) is 5.32 Å². The monoisotopic (exact) mass is 362 g/mol. The number of rotatable bonds is 6. The van der Waals surface area contributed by atoms with Crippen LogP contribution in [0, 0.1) is 5.92 Å². The van der Waals surface area contributed by atoms with Crippen molar-refractivity contribution in [2.45, 2.75) is 18.7 Å². The molecule has 128 valence electrons. The fraction of sp³-hybridized carbons (Fsp3) is 0.429. The predicted octanol–water partition coefficient (Wildman–Crippen LogP) is 1.73. The molecule has 9 heteroatoms. The number of halogens is 1. The van der Waals surface area contributed by atoms with Crippen LogP contribution in [0.15, 0.2) is 23.1 Å². The summed E-state index contributed by atoms with van der Waals surface area (Å²) in [5, 5.41) is 2.50. The van der Waals surface area contributed by atoms with Gasteiger partial charge >= 0.3 is 5.97 Å². The molecule has 0 heterocycles. The Balaban J connectivity index is 2.87. The normalized spacial score (nSPS) is 11.6. The minimum absolute atomic E-state index is 0.0444. The third kappa shape index (κ3) is 5.19. The standard InChI is InChI=1S/C14H19ClN2O5S/c1-9(2)14(19)22-8-13(18)16-10-5-6-11(15)12(7-10)23(20,21)17(3)4/h5-7,9H,8H2,1-4H3,(H,16,18). The van der Waals surface area contributed by atoms with Gasteiger partial charge in [-0.2, -0.15) is 0 Å². The molecule has 0 radical (unpaired) electrons. The molecule has 23 heavy (non-hydrogen) atoms. The van der Waals surface area contributed by atoms with Crippen molar-refractivity contribution in [1.82, 2.24) is 4.31 Å². The van der Waals surface area contributed by atoms with Gasteiger partial charge in [0.1, 0.15) is 4.90 Å². The van der Waals surface area contributed by atoms with E-state index in [1.54, 1.807) is 13.8 Å². The molecule has 0 aliphatic rings. The predicted molar refractivity (Wildman–Crippen MR) is 86.8 cm³/mol. The smallest absolute Gasteiger partial charge is 0.308 e. The van der Waals surface area contributed by atoms with Crippen molar-refractivity contribution >= 4 is 39.2 Å². The Kier molecular flexibility index (Phi) is 6.55. The Hall–Kier alpha value is -1.64. The zero-order valence-corrected chi connectivity index (χ0v) is 14.9. The van der Waals surface area contributed by atoms with Crippen LogP contribution >= 0.6 is 11.6 Å². The fourth-order valence-corrected chi connectivity index (χ4v) is 2.87. The quantitative estimate of drug-likeness (QED) is 0.778. The van der Waals surface area contributed by atoms with E-state index in [1.165, 1.54) is 32.3 Å². The van der Waals surface area contributed by atoms with Gasteiger partial charge in [0.25, 0.3) is 5.91 Å². The van der Waals surface area contributed by atoms with Crippen LogP contribution in [0.3, 0.4) is 0 Å². The van der Waals surface area contributed by atoms with E-state index in [1.807, 2.05) is 0 Å². The molecular weight excluding hydrogens is 344 g/mol. The number of nitrogens with zero attached hydrogens (tertiary/aromatic N) is 1. The highest BCUT2D eigenvalue weighted by Crippen LogP contribution is 2.26. The van der Waals surface area contributed by atoms with Crippen LogP contribution in [0.2, 0.25) is 5.02 Å². The molecule has 0 fully saturated rings. The first kappa shape index (κ1) is 19.4. The van der Waals surface area contributed by atoms with Gasteiger partial charge in [0, 0.05) is 19.8 Å². The number of hydrogen-bond acceptors (Lipinski definition) is 5. The topological polar surface area (TPSA) is 92.8 Å². The van der Waals surface area contributed by atoms with Gasteiger partial charge in [0.2, 0.25) is 10.0 Å². The number of esters is 1. The SMILES string of the molecule is CC(C)C(=O)OCC(=O)Nc1ccc(Cl)c(S(=O)(=O)N(C)C)c1. The number of carbonyl (C=O) groups excluding carboxylic acids is 2. The molecule has 0 spiro atoms. The van der Waals surface area contributed by atoms with Crippen LogP contribution < -0.4 is 5.32 Å². The minimum atomic E-state index is -3.74. The molecule has 7 nitrogen and oxygen atoms in total. The first-order chi connectivity index (χ1) is 10.6. The Bertz CT molecular complexity index is 701. The zero-order valence-electron chi connectivity index (χ0n) is 13.3. The van der Waals surface area contributed by atoms with E-state index in [0.29, 0.717) is 0 Å². The summed E-state index contributed by atoms with van der Waals surface area (Å²) in [6.07, 6.45) is 0. The number of anilines is 1. The lowest BCUT2D eigenvalue weighted by Crippen LogP contribution is -2.24. The van der Waals surface area contributed by atoms with Crippen molar-refractivity contribution in [2.24, 2.45) is 5.92 Å². The number of hydrogen-bond donors (Lipinski definition) is 1. The molecule has 1 rings (SSSR count). The molecule has 0 aliphatic heterocycles. The summed E-state index contributed by atoms with van der Waals surface area (Å²) in [5.41, 5.74) is 0.237. The number of sulfonamides is 1. The van der Waals surface area contributed by atoms with Gasteiger partial charge in [-0.1, -0.05) is 25.4 Å². The molecule has 0 saturated carbocycles. The maximum Gasteiger partial charge on any atom is 0.308 e. The highest BCUT2D eigenvalue weighted by molar-refractivity contribution is 7.89. The fourth-order valence-electron chi connectivity index (χ4n) is 1.48. The van der Waals surface area contributed by atoms with Crippen LogP contribution in [-0.2, 0) is 24.3 Å². The average Bonchev–Trinajstić information content (AvgIpc) is 2.46. The van der Waals surface area contributed by atoms with Gasteiger partial charge in [-0.25, -0.2) is 12.7 Å². The molecule has 0 bridgehead atoms. The van der Waals surface area contributed by atoms with Crippen LogP contribution in [0.1, 0.15) is 13.8 Å². The maximum atomic E-state index is 12.1. The molecular formula is C14H19ClN2O5S. The van der Waals surface area contributed by atoms with E-state index >= 15 is 0 Å². The van der Waals surface area contributed by atoms with Gasteiger partial charge in [0.05, 0.1) is 10.9 Å². The number of carbonyl (C=O) groups is 2. The molecule has 0 saturated heterocycles. The summed E-state index contributed by atoms with van der Waals surface area (Å²) in [5.74, 6) is -1.41. The molecule has 1 aromatic rings. The Morgan fingerprint density at radius 3 is 2.43 bits per heavy atom. The second-order valence-electron chi connectivity index (χ2n) is 5.24. The van der Waals surface area contributed by atoms with E-state index < -0.39 is 28.5 Å². The van der Waals surface area contributed by atoms with Crippen LogP contribution in [0.5, 0.6) is 0 Å². The minimum Gasteiger partial charge on any atom is -0.455 e. The van der Waals surface area contributed by atoms with E-state index in [4.69, 9.17) is 16.3 Å². The molecule has 1 amide bonds. The molecule has 1 N–H and O–H groups in total. The molecule has 1 aromatic carbocycles. The van der Waals surface area contributed by atoms with E-state index in [-0.39, 0.29) is 21.5 Å². The largest absolute Gasteiger partial charge is 0.455 e. The third-order valence-corrected chi connectivity index (χ3v) is 5.09. The van der Waals surface area contributed by atoms with Crippen LogP contribution in [0.25, 0.3) is 0 Å². The highest BCUT2D eigenvalue weighted by Gasteiger charge is 2.21. The Morgan fingerprint density at radius 2 is 1.91 bits per heavy atom. The van der Waals surface area contributed by atoms with Crippen molar-refractivity contribution in [3.8, 4) is 0 Å². The van der Waals surface area contributed by atoms with Crippen LogP contribution in [0.4, 0.5) is 5.69 Å². The van der Waals surface area contributed by atoms with E-state index in [0.717, 1.165) is 4.31 Å². The Labute approximate surface area is 140 Å². The van der Waals surface area contributed by atoms with Crippen LogP contribution in [-0.4, -0.2) is 45.3 Å². The maximum absolute atomic E-state index is 12.1. The van der Waals surface area contributed by atoms with Gasteiger partial charge in [0.15, 0.2) is 6.61 Å². The van der Waals surface area contributed by atoms with E-state index in [9.17, 15) is 18.0 Å². The molecule has 0 aliphatic carbocycles. The highest BCUT2D eigenvalue weighted by atomic mass is 35.5. The molecule has 0 aromatic heterocycles.